The second-order valence-electron chi connectivity index (χ2n) is 4.50. The van der Waals surface area contributed by atoms with Gasteiger partial charge in [-0.1, -0.05) is 0 Å². The number of aliphatic imine (C=N–C) groups is 2. The molecular weight excluding hydrogens is 230 g/mol. The summed E-state index contributed by atoms with van der Waals surface area (Å²) in [6, 6.07) is 3.85. The molecule has 1 unspecified atom stereocenters. The molecule has 98 valence electrons. The van der Waals surface area contributed by atoms with Crippen LogP contribution in [0.25, 0.3) is 0 Å². The molecule has 6 nitrogen and oxygen atoms in total. The molecule has 2 rings (SSSR count). The van der Waals surface area contributed by atoms with Gasteiger partial charge in [0.25, 0.3) is 0 Å². The quantitative estimate of drug-likeness (QED) is 0.813. The Labute approximate surface area is 107 Å². The highest BCUT2D eigenvalue weighted by molar-refractivity contribution is 6.06. The Morgan fingerprint density at radius 1 is 1.17 bits per heavy atom. The fraction of sp³-hybridized carbons (Fsp3) is 0.500. The highest BCUT2D eigenvalue weighted by Gasteiger charge is 2.20. The van der Waals surface area contributed by atoms with E-state index in [1.54, 1.807) is 0 Å². The normalized spacial score (nSPS) is 18.8. The first-order chi connectivity index (χ1) is 8.47. The summed E-state index contributed by atoms with van der Waals surface area (Å²) in [5, 5.41) is 3.18. The van der Waals surface area contributed by atoms with Crippen LogP contribution in [-0.4, -0.2) is 44.1 Å². The van der Waals surface area contributed by atoms with Crippen LogP contribution >= 0.6 is 0 Å². The minimum atomic E-state index is -0.0999. The molecule has 0 amide bonds. The van der Waals surface area contributed by atoms with Gasteiger partial charge in [0.1, 0.15) is 11.9 Å². The van der Waals surface area contributed by atoms with E-state index in [1.807, 2.05) is 56.9 Å². The summed E-state index contributed by atoms with van der Waals surface area (Å²) < 4.78 is 5.58. The van der Waals surface area contributed by atoms with Crippen molar-refractivity contribution in [1.82, 2.24) is 10.2 Å². The number of aryl methyl sites for hydroxylation is 1. The second-order valence-corrected chi connectivity index (χ2v) is 4.50. The van der Waals surface area contributed by atoms with Crippen LogP contribution in [0.3, 0.4) is 0 Å². The van der Waals surface area contributed by atoms with E-state index in [0.29, 0.717) is 0 Å². The Kier molecular flexibility index (Phi) is 3.27. The van der Waals surface area contributed by atoms with Crippen LogP contribution in [0.15, 0.2) is 26.5 Å². The van der Waals surface area contributed by atoms with Crippen molar-refractivity contribution in [3.8, 4) is 0 Å². The maximum atomic E-state index is 5.58. The average molecular weight is 249 g/mol. The number of nitrogens with zero attached hydrogens (tertiary/aromatic N) is 4. The van der Waals surface area contributed by atoms with Crippen LogP contribution in [0.2, 0.25) is 0 Å². The average Bonchev–Trinajstić information content (AvgIpc) is 2.74. The maximum absolute atomic E-state index is 5.58. The van der Waals surface area contributed by atoms with E-state index in [4.69, 9.17) is 4.42 Å². The van der Waals surface area contributed by atoms with E-state index in [9.17, 15) is 0 Å². The molecule has 1 aromatic heterocycles. The smallest absolute Gasteiger partial charge is 0.209 e. The molecule has 0 saturated heterocycles. The van der Waals surface area contributed by atoms with E-state index < -0.39 is 0 Å². The van der Waals surface area contributed by atoms with Gasteiger partial charge in [-0.3, -0.25) is 10.2 Å². The van der Waals surface area contributed by atoms with Gasteiger partial charge in [0, 0.05) is 27.2 Å². The lowest BCUT2D eigenvalue weighted by Gasteiger charge is -2.27. The van der Waals surface area contributed by atoms with E-state index in [0.717, 1.165) is 23.6 Å². The number of nitrogens with one attached hydrogen (secondary N) is 1. The SMILES string of the molecule is Cc1ccc(N(C)C2=NC(C)N=C(N(C)C)N2)o1. The first kappa shape index (κ1) is 12.5. The third kappa shape index (κ3) is 2.47. The van der Waals surface area contributed by atoms with Crippen LogP contribution in [0, 0.1) is 6.92 Å². The van der Waals surface area contributed by atoms with Crippen molar-refractivity contribution in [3.05, 3.63) is 17.9 Å². The number of hydrogen-bond acceptors (Lipinski definition) is 6. The molecule has 0 saturated carbocycles. The van der Waals surface area contributed by atoms with E-state index in [1.165, 1.54) is 0 Å². The summed E-state index contributed by atoms with van der Waals surface area (Å²) in [7, 11) is 5.80. The second kappa shape index (κ2) is 4.72. The van der Waals surface area contributed by atoms with Crippen molar-refractivity contribution >= 4 is 17.8 Å². The van der Waals surface area contributed by atoms with Gasteiger partial charge >= 0.3 is 0 Å². The molecule has 0 aromatic carbocycles. The van der Waals surface area contributed by atoms with Crippen LogP contribution in [0.4, 0.5) is 5.88 Å². The Balaban J connectivity index is 2.19. The van der Waals surface area contributed by atoms with Gasteiger partial charge in [-0.15, -0.1) is 0 Å². The van der Waals surface area contributed by atoms with Crippen molar-refractivity contribution in [2.45, 2.75) is 20.0 Å². The van der Waals surface area contributed by atoms with Gasteiger partial charge in [0.2, 0.25) is 17.8 Å². The summed E-state index contributed by atoms with van der Waals surface area (Å²) in [4.78, 5) is 12.7. The number of guanidine groups is 2. The zero-order valence-corrected chi connectivity index (χ0v) is 11.4. The molecule has 1 aromatic rings. The molecule has 0 aliphatic carbocycles. The zero-order valence-electron chi connectivity index (χ0n) is 11.4. The maximum Gasteiger partial charge on any atom is 0.209 e. The van der Waals surface area contributed by atoms with Gasteiger partial charge in [-0.05, 0) is 19.9 Å². The van der Waals surface area contributed by atoms with Crippen LogP contribution in [-0.2, 0) is 0 Å². The highest BCUT2D eigenvalue weighted by Crippen LogP contribution is 2.17. The molecule has 2 heterocycles. The topological polar surface area (TPSA) is 56.4 Å². The molecule has 1 atom stereocenters. The molecule has 18 heavy (non-hydrogen) atoms. The Morgan fingerprint density at radius 3 is 2.39 bits per heavy atom. The van der Waals surface area contributed by atoms with Gasteiger partial charge in [-0.25, -0.2) is 9.98 Å². The third-order valence-corrected chi connectivity index (χ3v) is 2.64. The predicted molar refractivity (Wildman–Crippen MR) is 73.0 cm³/mol. The van der Waals surface area contributed by atoms with Crippen LogP contribution in [0.5, 0.6) is 0 Å². The summed E-state index contributed by atoms with van der Waals surface area (Å²) in [6.07, 6.45) is -0.0999. The largest absolute Gasteiger partial charge is 0.445 e. The van der Waals surface area contributed by atoms with Crippen LogP contribution in [0.1, 0.15) is 12.7 Å². The predicted octanol–water partition coefficient (Wildman–Crippen LogP) is 1.25. The first-order valence-electron chi connectivity index (χ1n) is 5.87. The van der Waals surface area contributed by atoms with Gasteiger partial charge in [0.05, 0.1) is 0 Å². The summed E-state index contributed by atoms with van der Waals surface area (Å²) in [6.45, 7) is 3.87. The molecule has 1 N–H and O–H groups in total. The van der Waals surface area contributed by atoms with Crippen molar-refractivity contribution in [3.63, 3.8) is 0 Å². The van der Waals surface area contributed by atoms with E-state index >= 15 is 0 Å². The first-order valence-corrected chi connectivity index (χ1v) is 5.87. The van der Waals surface area contributed by atoms with E-state index in [2.05, 4.69) is 15.3 Å². The molecule has 0 radical (unpaired) electrons. The summed E-state index contributed by atoms with van der Waals surface area (Å²) in [5.74, 6) is 3.16. The van der Waals surface area contributed by atoms with E-state index in [-0.39, 0.29) is 6.17 Å². The number of hydrogen-bond donors (Lipinski definition) is 1. The minimum Gasteiger partial charge on any atom is -0.445 e. The fourth-order valence-corrected chi connectivity index (χ4v) is 1.65. The van der Waals surface area contributed by atoms with Crippen molar-refractivity contribution in [2.75, 3.05) is 26.0 Å². The molecule has 0 fully saturated rings. The zero-order chi connectivity index (χ0) is 13.3. The summed E-state index contributed by atoms with van der Waals surface area (Å²) in [5.41, 5.74) is 0. The van der Waals surface area contributed by atoms with Crippen molar-refractivity contribution < 1.29 is 4.42 Å². The molecule has 0 bridgehead atoms. The number of furan rings is 1. The minimum absolute atomic E-state index is 0.0999. The molecule has 1 aliphatic heterocycles. The highest BCUT2D eigenvalue weighted by atomic mass is 16.4. The Bertz CT molecular complexity index is 488. The fourth-order valence-electron chi connectivity index (χ4n) is 1.65. The van der Waals surface area contributed by atoms with Crippen LogP contribution < -0.4 is 10.2 Å². The molecular formula is C12H19N5O. The monoisotopic (exact) mass is 249 g/mol. The molecule has 6 heteroatoms. The van der Waals surface area contributed by atoms with Gasteiger partial charge in [0.15, 0.2) is 0 Å². The molecule has 1 aliphatic rings. The Hall–Kier alpha value is -1.98. The Morgan fingerprint density at radius 2 is 1.83 bits per heavy atom. The van der Waals surface area contributed by atoms with Gasteiger partial charge in [-0.2, -0.15) is 0 Å². The molecule has 0 spiro atoms. The lowest BCUT2D eigenvalue weighted by Crippen LogP contribution is -2.50. The lowest BCUT2D eigenvalue weighted by molar-refractivity contribution is 0.536. The van der Waals surface area contributed by atoms with Crippen molar-refractivity contribution in [1.29, 1.82) is 0 Å². The van der Waals surface area contributed by atoms with Crippen molar-refractivity contribution in [2.24, 2.45) is 9.98 Å². The van der Waals surface area contributed by atoms with Gasteiger partial charge < -0.3 is 9.32 Å². The lowest BCUT2D eigenvalue weighted by atomic mass is 10.5. The standard InChI is InChI=1S/C12H19N5O/c1-8-6-7-10(18-8)17(5)12-14-9(2)13-11(15-12)16(3)4/h6-7,9H,1-5H3,(H,13,14,15). The number of rotatable bonds is 1. The summed E-state index contributed by atoms with van der Waals surface area (Å²) >= 11 is 0. The number of anilines is 1. The third-order valence-electron chi connectivity index (χ3n) is 2.64.